The summed E-state index contributed by atoms with van der Waals surface area (Å²) in [5.41, 5.74) is -1.20. The van der Waals surface area contributed by atoms with Gasteiger partial charge in [0.15, 0.2) is 0 Å². The zero-order valence-electron chi connectivity index (χ0n) is 13.9. The minimum Gasteiger partial charge on any atom is -0.493 e. The number of halogens is 3. The van der Waals surface area contributed by atoms with E-state index in [1.807, 2.05) is 18.2 Å². The molecule has 0 bridgehead atoms. The van der Waals surface area contributed by atoms with Crippen molar-refractivity contribution in [3.63, 3.8) is 0 Å². The van der Waals surface area contributed by atoms with Gasteiger partial charge >= 0.3 is 6.18 Å². The van der Waals surface area contributed by atoms with Gasteiger partial charge in [0, 0.05) is 5.75 Å². The lowest BCUT2D eigenvalue weighted by Crippen LogP contribution is -2.11. The first-order valence-electron chi connectivity index (χ1n) is 7.86. The quantitative estimate of drug-likeness (QED) is 0.379. The molecule has 0 aliphatic carbocycles. The fraction of sp³-hybridized carbons (Fsp3) is 0.158. The van der Waals surface area contributed by atoms with Crippen LogP contribution in [0.2, 0.25) is 0 Å². The van der Waals surface area contributed by atoms with E-state index >= 15 is 0 Å². The summed E-state index contributed by atoms with van der Waals surface area (Å²) in [5.74, 6) is 1.04. The van der Waals surface area contributed by atoms with E-state index in [1.165, 1.54) is 11.3 Å². The van der Waals surface area contributed by atoms with E-state index in [0.29, 0.717) is 16.4 Å². The highest BCUT2D eigenvalue weighted by molar-refractivity contribution is 7.99. The standard InChI is InChI=1S/C19H13F3N2OS2/c20-19(21,22)15-11-16(17-7-4-9-26-17)24-18(14(15)12-23)27-10-8-25-13-5-2-1-3-6-13/h1-7,9,11H,8,10H2. The van der Waals surface area contributed by atoms with Crippen LogP contribution in [0.3, 0.4) is 0 Å². The first kappa shape index (κ1) is 19.3. The molecule has 8 heteroatoms. The van der Waals surface area contributed by atoms with Crippen molar-refractivity contribution in [3.05, 3.63) is 65.0 Å². The van der Waals surface area contributed by atoms with E-state index in [1.54, 1.807) is 35.7 Å². The lowest BCUT2D eigenvalue weighted by atomic mass is 10.1. The SMILES string of the molecule is N#Cc1c(C(F)(F)F)cc(-c2cccs2)nc1SCCOc1ccccc1. The molecule has 0 N–H and O–H groups in total. The van der Waals surface area contributed by atoms with Crippen LogP contribution in [0.25, 0.3) is 10.6 Å². The van der Waals surface area contributed by atoms with Crippen LogP contribution in [-0.4, -0.2) is 17.3 Å². The van der Waals surface area contributed by atoms with Gasteiger partial charge in [-0.05, 0) is 29.6 Å². The zero-order chi connectivity index (χ0) is 19.3. The van der Waals surface area contributed by atoms with Crippen molar-refractivity contribution in [1.82, 2.24) is 4.98 Å². The molecule has 0 fully saturated rings. The van der Waals surface area contributed by atoms with Crippen LogP contribution in [0.1, 0.15) is 11.1 Å². The fourth-order valence-corrected chi connectivity index (χ4v) is 3.83. The molecule has 2 aromatic heterocycles. The molecule has 0 radical (unpaired) electrons. The van der Waals surface area contributed by atoms with E-state index in [4.69, 9.17) is 4.74 Å². The summed E-state index contributed by atoms with van der Waals surface area (Å²) in [4.78, 5) is 4.92. The van der Waals surface area contributed by atoms with Crippen molar-refractivity contribution in [2.45, 2.75) is 11.2 Å². The maximum absolute atomic E-state index is 13.4. The molecular weight excluding hydrogens is 393 g/mol. The molecule has 0 unspecified atom stereocenters. The van der Waals surface area contributed by atoms with Crippen molar-refractivity contribution in [2.75, 3.05) is 12.4 Å². The maximum atomic E-state index is 13.4. The third-order valence-corrected chi connectivity index (χ3v) is 5.34. The first-order valence-corrected chi connectivity index (χ1v) is 9.72. The van der Waals surface area contributed by atoms with Gasteiger partial charge in [0.1, 0.15) is 16.8 Å². The fourth-order valence-electron chi connectivity index (χ4n) is 2.32. The minimum absolute atomic E-state index is 0.0624. The summed E-state index contributed by atoms with van der Waals surface area (Å²) in [6.07, 6.45) is -4.63. The molecule has 138 valence electrons. The number of para-hydroxylation sites is 1. The number of ether oxygens (including phenoxy) is 1. The Balaban J connectivity index is 1.84. The van der Waals surface area contributed by atoms with Crippen LogP contribution in [0, 0.1) is 11.3 Å². The van der Waals surface area contributed by atoms with Gasteiger partial charge in [-0.15, -0.1) is 23.1 Å². The molecular formula is C19H13F3N2OS2. The average Bonchev–Trinajstić information content (AvgIpc) is 3.19. The van der Waals surface area contributed by atoms with E-state index < -0.39 is 17.3 Å². The Labute approximate surface area is 162 Å². The maximum Gasteiger partial charge on any atom is 0.417 e. The summed E-state index contributed by atoms with van der Waals surface area (Å²) in [5, 5.41) is 11.1. The lowest BCUT2D eigenvalue weighted by Gasteiger charge is -2.14. The Morgan fingerprint density at radius 2 is 1.93 bits per heavy atom. The van der Waals surface area contributed by atoms with Crippen molar-refractivity contribution in [2.24, 2.45) is 0 Å². The third kappa shape index (κ3) is 4.81. The Morgan fingerprint density at radius 1 is 1.15 bits per heavy atom. The number of thiophene rings is 1. The number of alkyl halides is 3. The topological polar surface area (TPSA) is 45.9 Å². The Bertz CT molecular complexity index is 936. The third-order valence-electron chi connectivity index (χ3n) is 3.51. The highest BCUT2D eigenvalue weighted by atomic mass is 32.2. The van der Waals surface area contributed by atoms with Crippen molar-refractivity contribution in [3.8, 4) is 22.4 Å². The van der Waals surface area contributed by atoms with Gasteiger partial charge in [-0.3, -0.25) is 0 Å². The summed E-state index contributed by atoms with van der Waals surface area (Å²) in [6.45, 7) is 0.284. The van der Waals surface area contributed by atoms with Gasteiger partial charge in [-0.1, -0.05) is 24.3 Å². The van der Waals surface area contributed by atoms with Crippen LogP contribution in [-0.2, 0) is 6.18 Å². The Hall–Kier alpha value is -2.50. The van der Waals surface area contributed by atoms with Gasteiger partial charge < -0.3 is 4.74 Å². The number of aromatic nitrogens is 1. The Morgan fingerprint density at radius 3 is 2.56 bits per heavy atom. The monoisotopic (exact) mass is 406 g/mol. The number of hydrogen-bond donors (Lipinski definition) is 0. The summed E-state index contributed by atoms with van der Waals surface area (Å²) >= 11 is 2.38. The second kappa shape index (κ2) is 8.46. The van der Waals surface area contributed by atoms with Gasteiger partial charge in [0.25, 0.3) is 0 Å². The normalized spacial score (nSPS) is 11.2. The average molecular weight is 406 g/mol. The molecule has 3 rings (SSSR count). The molecule has 3 aromatic rings. The molecule has 27 heavy (non-hydrogen) atoms. The van der Waals surface area contributed by atoms with Crippen LogP contribution in [0.15, 0.2) is 58.9 Å². The smallest absolute Gasteiger partial charge is 0.417 e. The van der Waals surface area contributed by atoms with E-state index in [9.17, 15) is 18.4 Å². The van der Waals surface area contributed by atoms with Crippen LogP contribution in [0.4, 0.5) is 13.2 Å². The predicted octanol–water partition coefficient (Wildman–Crippen LogP) is 5.87. The lowest BCUT2D eigenvalue weighted by molar-refractivity contribution is -0.138. The van der Waals surface area contributed by atoms with Crippen molar-refractivity contribution in [1.29, 1.82) is 5.26 Å². The number of benzene rings is 1. The van der Waals surface area contributed by atoms with E-state index in [2.05, 4.69) is 4.98 Å². The molecule has 2 heterocycles. The molecule has 3 nitrogen and oxygen atoms in total. The molecule has 0 amide bonds. The summed E-state index contributed by atoms with van der Waals surface area (Å²) in [7, 11) is 0. The summed E-state index contributed by atoms with van der Waals surface area (Å²) < 4.78 is 45.9. The molecule has 0 saturated carbocycles. The van der Waals surface area contributed by atoms with Gasteiger partial charge in [0.05, 0.1) is 28.3 Å². The number of rotatable bonds is 6. The number of pyridine rings is 1. The second-order valence-corrected chi connectivity index (χ2v) is 7.36. The molecule has 0 aliphatic rings. The van der Waals surface area contributed by atoms with Crippen molar-refractivity contribution < 1.29 is 17.9 Å². The molecule has 0 atom stereocenters. The van der Waals surface area contributed by atoms with Crippen LogP contribution in [0.5, 0.6) is 5.75 Å². The van der Waals surface area contributed by atoms with Gasteiger partial charge in [-0.25, -0.2) is 4.98 Å². The van der Waals surface area contributed by atoms with Crippen molar-refractivity contribution >= 4 is 23.1 Å². The van der Waals surface area contributed by atoms with Crippen LogP contribution < -0.4 is 4.74 Å². The largest absolute Gasteiger partial charge is 0.493 e. The predicted molar refractivity (Wildman–Crippen MR) is 99.9 cm³/mol. The molecule has 0 spiro atoms. The van der Waals surface area contributed by atoms with Gasteiger partial charge in [0.2, 0.25) is 0 Å². The van der Waals surface area contributed by atoms with E-state index in [-0.39, 0.29) is 17.3 Å². The number of nitrogens with zero attached hydrogens (tertiary/aromatic N) is 2. The van der Waals surface area contributed by atoms with Crippen LogP contribution >= 0.6 is 23.1 Å². The molecule has 0 saturated heterocycles. The number of hydrogen-bond acceptors (Lipinski definition) is 5. The number of thioether (sulfide) groups is 1. The molecule has 0 aliphatic heterocycles. The van der Waals surface area contributed by atoms with Gasteiger partial charge in [-0.2, -0.15) is 18.4 Å². The summed E-state index contributed by atoms with van der Waals surface area (Å²) in [6, 6.07) is 15.2. The first-order chi connectivity index (χ1) is 13.0. The molecule has 1 aromatic carbocycles. The Kier molecular flexibility index (Phi) is 6.04. The highest BCUT2D eigenvalue weighted by Gasteiger charge is 2.36. The second-order valence-electron chi connectivity index (χ2n) is 5.33. The highest BCUT2D eigenvalue weighted by Crippen LogP contribution is 2.38. The van der Waals surface area contributed by atoms with E-state index in [0.717, 1.165) is 17.8 Å². The zero-order valence-corrected chi connectivity index (χ0v) is 15.5. The minimum atomic E-state index is -4.63. The number of nitriles is 1.